The summed E-state index contributed by atoms with van der Waals surface area (Å²) in [6.45, 7) is 1.97. The van der Waals surface area contributed by atoms with Gasteiger partial charge in [0.15, 0.2) is 0 Å². The number of aromatic amines is 1. The fraction of sp³-hybridized carbons (Fsp3) is 0.421. The summed E-state index contributed by atoms with van der Waals surface area (Å²) in [5.74, 6) is -0.810. The van der Waals surface area contributed by atoms with Crippen molar-refractivity contribution in [2.75, 3.05) is 11.6 Å². The van der Waals surface area contributed by atoms with Gasteiger partial charge in [0.1, 0.15) is 12.1 Å². The Bertz CT molecular complexity index is 850. The van der Waals surface area contributed by atoms with Crippen LogP contribution in [0.2, 0.25) is 0 Å². The van der Waals surface area contributed by atoms with Gasteiger partial charge in [-0.2, -0.15) is 0 Å². The predicted molar refractivity (Wildman–Crippen MR) is 105 cm³/mol. The van der Waals surface area contributed by atoms with Crippen LogP contribution >= 0.6 is 11.8 Å². The maximum absolute atomic E-state index is 13.0. The van der Waals surface area contributed by atoms with Gasteiger partial charge in [-0.3, -0.25) is 9.59 Å². The molecule has 0 aliphatic carbocycles. The van der Waals surface area contributed by atoms with Crippen LogP contribution in [-0.4, -0.2) is 56.5 Å². The number of benzene rings is 1. The monoisotopic (exact) mass is 389 g/mol. The number of carbonyl (C=O) groups is 3. The Morgan fingerprint density at radius 1 is 1.37 bits per heavy atom. The molecule has 1 aliphatic rings. The van der Waals surface area contributed by atoms with E-state index in [0.717, 1.165) is 17.3 Å². The van der Waals surface area contributed by atoms with E-state index in [-0.39, 0.29) is 5.91 Å². The molecule has 1 aromatic heterocycles. The normalized spacial score (nSPS) is 17.8. The highest BCUT2D eigenvalue weighted by atomic mass is 32.2. The van der Waals surface area contributed by atoms with E-state index in [9.17, 15) is 19.5 Å². The van der Waals surface area contributed by atoms with E-state index in [0.29, 0.717) is 30.0 Å². The number of hydrogen-bond donors (Lipinski definition) is 3. The molecule has 2 atom stereocenters. The SMILES string of the molecule is CCCCC(NC(=O)C1CSCN1C(=O)c1c[nH]c2ccccc12)C(=O)O. The fourth-order valence-corrected chi connectivity index (χ4v) is 4.35. The van der Waals surface area contributed by atoms with Crippen molar-refractivity contribution in [1.82, 2.24) is 15.2 Å². The Kier molecular flexibility index (Phi) is 6.05. The molecule has 2 heterocycles. The van der Waals surface area contributed by atoms with E-state index in [1.54, 1.807) is 6.20 Å². The number of para-hydroxylation sites is 1. The van der Waals surface area contributed by atoms with Crippen LogP contribution in [0.4, 0.5) is 0 Å². The van der Waals surface area contributed by atoms with Crippen LogP contribution in [0.3, 0.4) is 0 Å². The zero-order valence-corrected chi connectivity index (χ0v) is 15.9. The summed E-state index contributed by atoms with van der Waals surface area (Å²) in [6.07, 6.45) is 3.61. The minimum absolute atomic E-state index is 0.224. The Labute approximate surface area is 161 Å². The lowest BCUT2D eigenvalue weighted by Gasteiger charge is -2.24. The maximum atomic E-state index is 13.0. The number of nitrogens with zero attached hydrogens (tertiary/aromatic N) is 1. The zero-order chi connectivity index (χ0) is 19.4. The average molecular weight is 389 g/mol. The number of unbranched alkanes of at least 4 members (excludes halogenated alkanes) is 1. The molecule has 0 radical (unpaired) electrons. The predicted octanol–water partition coefficient (Wildman–Crippen LogP) is 2.44. The number of carboxylic acids is 1. The molecule has 2 aromatic rings. The molecule has 1 aliphatic heterocycles. The Hall–Kier alpha value is -2.48. The van der Waals surface area contributed by atoms with Gasteiger partial charge in [-0.1, -0.05) is 38.0 Å². The summed E-state index contributed by atoms with van der Waals surface area (Å²) in [4.78, 5) is 41.7. The number of hydrogen-bond acceptors (Lipinski definition) is 4. The number of carbonyl (C=O) groups excluding carboxylic acids is 2. The highest BCUT2D eigenvalue weighted by Crippen LogP contribution is 2.26. The van der Waals surface area contributed by atoms with E-state index >= 15 is 0 Å². The van der Waals surface area contributed by atoms with Gasteiger partial charge in [0, 0.05) is 22.9 Å². The van der Waals surface area contributed by atoms with Crippen molar-refractivity contribution >= 4 is 40.4 Å². The molecule has 7 nitrogen and oxygen atoms in total. The van der Waals surface area contributed by atoms with Crippen molar-refractivity contribution in [2.45, 2.75) is 38.3 Å². The van der Waals surface area contributed by atoms with Crippen molar-refractivity contribution in [3.05, 3.63) is 36.0 Å². The Balaban J connectivity index is 1.75. The van der Waals surface area contributed by atoms with Crippen molar-refractivity contribution < 1.29 is 19.5 Å². The van der Waals surface area contributed by atoms with Gasteiger partial charge in [-0.15, -0.1) is 11.8 Å². The third-order valence-corrected chi connectivity index (χ3v) is 5.74. The van der Waals surface area contributed by atoms with Gasteiger partial charge in [0.2, 0.25) is 5.91 Å². The van der Waals surface area contributed by atoms with E-state index in [2.05, 4.69) is 10.3 Å². The van der Waals surface area contributed by atoms with Gasteiger partial charge < -0.3 is 20.3 Å². The van der Waals surface area contributed by atoms with Gasteiger partial charge in [-0.05, 0) is 12.5 Å². The van der Waals surface area contributed by atoms with Gasteiger partial charge >= 0.3 is 5.97 Å². The topological polar surface area (TPSA) is 103 Å². The lowest BCUT2D eigenvalue weighted by Crippen LogP contribution is -2.51. The standard InChI is InChI=1S/C19H23N3O4S/c1-2-3-7-15(19(25)26)21-17(23)16-10-27-11-22(16)18(24)13-9-20-14-8-5-4-6-12(13)14/h4-6,8-9,15-16,20H,2-3,7,10-11H2,1H3,(H,21,23)(H,25,26). The molecule has 1 fully saturated rings. The van der Waals surface area contributed by atoms with Crippen LogP contribution in [0.5, 0.6) is 0 Å². The molecule has 1 aromatic carbocycles. The first kappa shape index (κ1) is 19.3. The average Bonchev–Trinajstić information content (AvgIpc) is 3.31. The van der Waals surface area contributed by atoms with E-state index in [1.165, 1.54) is 16.7 Å². The van der Waals surface area contributed by atoms with Crippen molar-refractivity contribution in [2.24, 2.45) is 0 Å². The summed E-state index contributed by atoms with van der Waals surface area (Å²) >= 11 is 1.49. The van der Waals surface area contributed by atoms with Gasteiger partial charge in [0.05, 0.1) is 11.4 Å². The number of aliphatic carboxylic acids is 1. The number of nitrogens with one attached hydrogen (secondary N) is 2. The van der Waals surface area contributed by atoms with Crippen LogP contribution in [0.25, 0.3) is 10.9 Å². The highest BCUT2D eigenvalue weighted by molar-refractivity contribution is 7.99. The fourth-order valence-electron chi connectivity index (χ4n) is 3.20. The molecule has 3 N–H and O–H groups in total. The van der Waals surface area contributed by atoms with E-state index in [4.69, 9.17) is 0 Å². The molecular weight excluding hydrogens is 366 g/mol. The number of aromatic nitrogens is 1. The molecule has 1 saturated heterocycles. The minimum atomic E-state index is -1.04. The molecule has 8 heteroatoms. The number of carboxylic acid groups (broad SMARTS) is 1. The molecule has 3 rings (SSSR count). The first-order valence-electron chi connectivity index (χ1n) is 9.01. The molecule has 0 spiro atoms. The van der Waals surface area contributed by atoms with Crippen molar-refractivity contribution in [3.63, 3.8) is 0 Å². The van der Waals surface area contributed by atoms with Crippen molar-refractivity contribution in [3.8, 4) is 0 Å². The second-order valence-electron chi connectivity index (χ2n) is 6.58. The lowest BCUT2D eigenvalue weighted by molar-refractivity contribution is -0.142. The number of thioether (sulfide) groups is 1. The number of H-pyrrole nitrogens is 1. The second kappa shape index (κ2) is 8.47. The van der Waals surface area contributed by atoms with Crippen LogP contribution in [-0.2, 0) is 9.59 Å². The molecule has 0 saturated carbocycles. The first-order chi connectivity index (χ1) is 13.0. The van der Waals surface area contributed by atoms with E-state index in [1.807, 2.05) is 31.2 Å². The summed E-state index contributed by atoms with van der Waals surface area (Å²) in [5.41, 5.74) is 1.38. The third kappa shape index (κ3) is 4.10. The Morgan fingerprint density at radius 3 is 2.89 bits per heavy atom. The summed E-state index contributed by atoms with van der Waals surface area (Å²) in [6, 6.07) is 5.91. The van der Waals surface area contributed by atoms with Crippen LogP contribution in [0.1, 0.15) is 36.5 Å². The molecular formula is C19H23N3O4S. The smallest absolute Gasteiger partial charge is 0.326 e. The summed E-state index contributed by atoms with van der Waals surface area (Å²) < 4.78 is 0. The lowest BCUT2D eigenvalue weighted by atomic mass is 10.1. The minimum Gasteiger partial charge on any atom is -0.480 e. The van der Waals surface area contributed by atoms with Crippen molar-refractivity contribution in [1.29, 1.82) is 0 Å². The summed E-state index contributed by atoms with van der Waals surface area (Å²) in [5, 5.41) is 12.7. The zero-order valence-electron chi connectivity index (χ0n) is 15.1. The maximum Gasteiger partial charge on any atom is 0.326 e. The second-order valence-corrected chi connectivity index (χ2v) is 7.58. The molecule has 2 amide bonds. The van der Waals surface area contributed by atoms with Crippen LogP contribution in [0.15, 0.2) is 30.5 Å². The molecule has 144 valence electrons. The largest absolute Gasteiger partial charge is 0.480 e. The summed E-state index contributed by atoms with van der Waals surface area (Å²) in [7, 11) is 0. The Morgan fingerprint density at radius 2 is 2.15 bits per heavy atom. The third-order valence-electron chi connectivity index (χ3n) is 4.73. The number of fused-ring (bicyclic) bond motifs is 1. The van der Waals surface area contributed by atoms with Crippen LogP contribution in [0, 0.1) is 0 Å². The highest BCUT2D eigenvalue weighted by Gasteiger charge is 2.37. The molecule has 2 unspecified atom stereocenters. The van der Waals surface area contributed by atoms with Crippen LogP contribution < -0.4 is 5.32 Å². The number of rotatable bonds is 7. The first-order valence-corrected chi connectivity index (χ1v) is 10.2. The van der Waals surface area contributed by atoms with Gasteiger partial charge in [-0.25, -0.2) is 4.79 Å². The number of amides is 2. The van der Waals surface area contributed by atoms with Gasteiger partial charge in [0.25, 0.3) is 5.91 Å². The van der Waals surface area contributed by atoms with E-state index < -0.39 is 24.0 Å². The molecule has 27 heavy (non-hydrogen) atoms. The molecule has 0 bridgehead atoms. The quantitative estimate of drug-likeness (QED) is 0.675.